The first-order chi connectivity index (χ1) is 9.25. The molecule has 0 spiro atoms. The van der Waals surface area contributed by atoms with Gasteiger partial charge in [0.1, 0.15) is 0 Å². The van der Waals surface area contributed by atoms with Crippen molar-refractivity contribution in [3.05, 3.63) is 23.5 Å². The number of carbonyl (C=O) groups is 1. The smallest absolute Gasteiger partial charge is 0.257 e. The molecule has 0 atom stereocenters. The topological polar surface area (TPSA) is 59.2 Å². The van der Waals surface area contributed by atoms with Gasteiger partial charge < -0.3 is 9.42 Å². The van der Waals surface area contributed by atoms with Crippen molar-refractivity contribution < 1.29 is 9.32 Å². The fourth-order valence-electron chi connectivity index (χ4n) is 2.52. The van der Waals surface area contributed by atoms with Gasteiger partial charge in [0.25, 0.3) is 11.6 Å². The molecule has 5 heteroatoms. The van der Waals surface area contributed by atoms with Crippen LogP contribution in [-0.2, 0) is 0 Å². The Hall–Kier alpha value is -1.91. The molecule has 1 saturated heterocycles. The zero-order valence-corrected chi connectivity index (χ0v) is 11.1. The average Bonchev–Trinajstić information content (AvgIpc) is 2.67. The largest absolute Gasteiger partial charge is 0.339 e. The van der Waals surface area contributed by atoms with Crippen LogP contribution in [0.2, 0.25) is 0 Å². The molecule has 0 radical (unpaired) electrons. The summed E-state index contributed by atoms with van der Waals surface area (Å²) in [6.45, 7) is 3.55. The van der Waals surface area contributed by atoms with Gasteiger partial charge in [-0.15, -0.1) is 0 Å². The predicted molar refractivity (Wildman–Crippen MR) is 70.9 cm³/mol. The van der Waals surface area contributed by atoms with E-state index in [0.29, 0.717) is 11.3 Å². The van der Waals surface area contributed by atoms with E-state index in [9.17, 15) is 4.79 Å². The summed E-state index contributed by atoms with van der Waals surface area (Å²) in [5, 5.41) is 4.68. The van der Waals surface area contributed by atoms with E-state index in [-0.39, 0.29) is 5.91 Å². The first kappa shape index (κ1) is 12.1. The lowest BCUT2D eigenvalue weighted by Crippen LogP contribution is -2.31. The van der Waals surface area contributed by atoms with Gasteiger partial charge >= 0.3 is 0 Å². The second kappa shape index (κ2) is 4.99. The van der Waals surface area contributed by atoms with Crippen molar-refractivity contribution in [3.8, 4) is 0 Å². The molecule has 3 rings (SSSR count). The van der Waals surface area contributed by atoms with E-state index in [2.05, 4.69) is 10.1 Å². The van der Waals surface area contributed by atoms with Gasteiger partial charge in [0.15, 0.2) is 0 Å². The minimum Gasteiger partial charge on any atom is -0.339 e. The third kappa shape index (κ3) is 2.32. The SMILES string of the molecule is Cc1noc2ncc(C(=O)N3CCCCCC3)cc12. The zero-order valence-electron chi connectivity index (χ0n) is 11.1. The first-order valence-corrected chi connectivity index (χ1v) is 6.77. The van der Waals surface area contributed by atoms with Crippen LogP contribution in [-0.4, -0.2) is 34.0 Å². The highest BCUT2D eigenvalue weighted by Gasteiger charge is 2.19. The Kier molecular flexibility index (Phi) is 3.19. The molecule has 1 amide bonds. The minimum absolute atomic E-state index is 0.0666. The summed E-state index contributed by atoms with van der Waals surface area (Å²) in [6.07, 6.45) is 6.19. The van der Waals surface area contributed by atoms with Crippen molar-refractivity contribution in [1.82, 2.24) is 15.0 Å². The van der Waals surface area contributed by atoms with Gasteiger partial charge in [-0.05, 0) is 25.8 Å². The molecule has 0 bridgehead atoms. The van der Waals surface area contributed by atoms with Gasteiger partial charge in [-0.1, -0.05) is 18.0 Å². The summed E-state index contributed by atoms with van der Waals surface area (Å²) in [6, 6.07) is 1.83. The number of fused-ring (bicyclic) bond motifs is 1. The molecule has 0 aliphatic carbocycles. The van der Waals surface area contributed by atoms with Crippen LogP contribution >= 0.6 is 0 Å². The summed E-state index contributed by atoms with van der Waals surface area (Å²) in [4.78, 5) is 18.6. The highest BCUT2D eigenvalue weighted by molar-refractivity contribution is 5.97. The molecule has 100 valence electrons. The lowest BCUT2D eigenvalue weighted by atomic mass is 10.2. The Labute approximate surface area is 111 Å². The fourth-order valence-corrected chi connectivity index (χ4v) is 2.52. The highest BCUT2D eigenvalue weighted by Crippen LogP contribution is 2.19. The summed E-state index contributed by atoms with van der Waals surface area (Å²) < 4.78 is 5.06. The van der Waals surface area contributed by atoms with Crippen molar-refractivity contribution in [2.45, 2.75) is 32.6 Å². The normalized spacial score (nSPS) is 16.6. The van der Waals surface area contributed by atoms with Crippen molar-refractivity contribution in [1.29, 1.82) is 0 Å². The Morgan fingerprint density at radius 2 is 2.00 bits per heavy atom. The van der Waals surface area contributed by atoms with Crippen molar-refractivity contribution in [3.63, 3.8) is 0 Å². The van der Waals surface area contributed by atoms with Crippen LogP contribution in [0.25, 0.3) is 11.1 Å². The minimum atomic E-state index is 0.0666. The maximum absolute atomic E-state index is 12.5. The second-order valence-corrected chi connectivity index (χ2v) is 5.05. The molecule has 1 aliphatic heterocycles. The summed E-state index contributed by atoms with van der Waals surface area (Å²) >= 11 is 0. The van der Waals surface area contributed by atoms with Gasteiger partial charge in [-0.3, -0.25) is 4.79 Å². The van der Waals surface area contributed by atoms with Crippen LogP contribution in [0.3, 0.4) is 0 Å². The fraction of sp³-hybridized carbons (Fsp3) is 0.500. The number of hydrogen-bond acceptors (Lipinski definition) is 4. The van der Waals surface area contributed by atoms with Crippen LogP contribution in [0.5, 0.6) is 0 Å². The number of likely N-dealkylation sites (tertiary alicyclic amines) is 1. The zero-order chi connectivity index (χ0) is 13.2. The third-order valence-electron chi connectivity index (χ3n) is 3.65. The Morgan fingerprint density at radius 1 is 1.26 bits per heavy atom. The van der Waals surface area contributed by atoms with Crippen LogP contribution in [0.15, 0.2) is 16.8 Å². The van der Waals surface area contributed by atoms with E-state index >= 15 is 0 Å². The van der Waals surface area contributed by atoms with Crippen molar-refractivity contribution in [2.75, 3.05) is 13.1 Å². The van der Waals surface area contributed by atoms with E-state index in [1.54, 1.807) is 6.20 Å². The molecule has 2 aromatic rings. The van der Waals surface area contributed by atoms with Crippen molar-refractivity contribution in [2.24, 2.45) is 0 Å². The quantitative estimate of drug-likeness (QED) is 0.789. The van der Waals surface area contributed by atoms with Gasteiger partial charge in [-0.25, -0.2) is 4.98 Å². The molecular formula is C14H17N3O2. The molecule has 2 aromatic heterocycles. The maximum Gasteiger partial charge on any atom is 0.257 e. The van der Waals surface area contributed by atoms with Crippen LogP contribution in [0.1, 0.15) is 41.7 Å². The van der Waals surface area contributed by atoms with Gasteiger partial charge in [-0.2, -0.15) is 0 Å². The second-order valence-electron chi connectivity index (χ2n) is 5.05. The number of amides is 1. The molecule has 5 nitrogen and oxygen atoms in total. The molecule has 0 aromatic carbocycles. The molecule has 0 unspecified atom stereocenters. The monoisotopic (exact) mass is 259 g/mol. The van der Waals surface area contributed by atoms with E-state index < -0.39 is 0 Å². The Balaban J connectivity index is 1.89. The van der Waals surface area contributed by atoms with E-state index in [1.807, 2.05) is 17.9 Å². The number of carbonyl (C=O) groups excluding carboxylic acids is 1. The van der Waals surface area contributed by atoms with Crippen LogP contribution in [0.4, 0.5) is 0 Å². The molecule has 1 aliphatic rings. The lowest BCUT2D eigenvalue weighted by molar-refractivity contribution is 0.0761. The molecule has 3 heterocycles. The van der Waals surface area contributed by atoms with E-state index in [1.165, 1.54) is 12.8 Å². The molecule has 0 saturated carbocycles. The number of aromatic nitrogens is 2. The average molecular weight is 259 g/mol. The maximum atomic E-state index is 12.5. The number of aryl methyl sites for hydroxylation is 1. The molecular weight excluding hydrogens is 242 g/mol. The Bertz CT molecular complexity index is 598. The van der Waals surface area contributed by atoms with E-state index in [0.717, 1.165) is 37.0 Å². The highest BCUT2D eigenvalue weighted by atomic mass is 16.5. The number of rotatable bonds is 1. The molecule has 19 heavy (non-hydrogen) atoms. The lowest BCUT2D eigenvalue weighted by Gasteiger charge is -2.19. The number of pyridine rings is 1. The van der Waals surface area contributed by atoms with Crippen LogP contribution in [0, 0.1) is 6.92 Å². The van der Waals surface area contributed by atoms with Crippen molar-refractivity contribution >= 4 is 17.0 Å². The third-order valence-corrected chi connectivity index (χ3v) is 3.65. The molecule has 0 N–H and O–H groups in total. The summed E-state index contributed by atoms with van der Waals surface area (Å²) in [7, 11) is 0. The first-order valence-electron chi connectivity index (χ1n) is 6.77. The number of hydrogen-bond donors (Lipinski definition) is 0. The molecule has 1 fully saturated rings. The standard InChI is InChI=1S/C14H17N3O2/c1-10-12-8-11(9-15-13(12)19-16-10)14(18)17-6-4-2-3-5-7-17/h8-9H,2-7H2,1H3. The van der Waals surface area contributed by atoms with Gasteiger partial charge in [0.2, 0.25) is 0 Å². The summed E-state index contributed by atoms with van der Waals surface area (Å²) in [5.74, 6) is 0.0666. The number of nitrogens with zero attached hydrogens (tertiary/aromatic N) is 3. The van der Waals surface area contributed by atoms with Gasteiger partial charge in [0.05, 0.1) is 16.6 Å². The van der Waals surface area contributed by atoms with E-state index in [4.69, 9.17) is 4.52 Å². The predicted octanol–water partition coefficient (Wildman–Crippen LogP) is 2.55. The summed E-state index contributed by atoms with van der Waals surface area (Å²) in [5.41, 5.74) is 1.89. The van der Waals surface area contributed by atoms with Gasteiger partial charge in [0, 0.05) is 19.3 Å². The van der Waals surface area contributed by atoms with Crippen LogP contribution < -0.4 is 0 Å². The Morgan fingerprint density at radius 3 is 2.74 bits per heavy atom.